The van der Waals surface area contributed by atoms with Crippen LogP contribution in [0.4, 0.5) is 0 Å². The maximum atomic E-state index is 10.9. The number of ether oxygens (including phenoxy) is 1. The van der Waals surface area contributed by atoms with E-state index in [1.807, 2.05) is 13.8 Å². The van der Waals surface area contributed by atoms with E-state index in [2.05, 4.69) is 13.8 Å². The average Bonchev–Trinajstić information content (AvgIpc) is 2.12. The monoisotopic (exact) mass is 256 g/mol. The molecule has 1 saturated carbocycles. The van der Waals surface area contributed by atoms with E-state index < -0.39 is 5.60 Å². The van der Waals surface area contributed by atoms with Crippen LogP contribution < -0.4 is 0 Å². The molecular weight excluding hydrogens is 228 g/mol. The van der Waals surface area contributed by atoms with E-state index in [9.17, 15) is 9.90 Å². The largest absolute Gasteiger partial charge is 0.463 e. The van der Waals surface area contributed by atoms with Gasteiger partial charge in [0.25, 0.3) is 0 Å². The molecule has 1 aliphatic rings. The van der Waals surface area contributed by atoms with Crippen molar-refractivity contribution in [3.8, 4) is 0 Å². The van der Waals surface area contributed by atoms with Crippen molar-refractivity contribution in [2.24, 2.45) is 11.3 Å². The van der Waals surface area contributed by atoms with Gasteiger partial charge in [0.05, 0.1) is 11.7 Å². The van der Waals surface area contributed by atoms with E-state index >= 15 is 0 Å². The predicted octanol–water partition coefficient (Wildman–Crippen LogP) is 3.30. The molecule has 0 amide bonds. The minimum absolute atomic E-state index is 0.0592. The molecule has 0 radical (unpaired) electrons. The van der Waals surface area contributed by atoms with Crippen molar-refractivity contribution in [1.82, 2.24) is 0 Å². The number of carbonyl (C=O) groups is 1. The van der Waals surface area contributed by atoms with Gasteiger partial charge in [0.1, 0.15) is 0 Å². The fourth-order valence-electron chi connectivity index (χ4n) is 3.54. The number of rotatable bonds is 4. The molecule has 0 aliphatic heterocycles. The van der Waals surface area contributed by atoms with Crippen LogP contribution in [-0.2, 0) is 9.53 Å². The molecule has 3 heteroatoms. The summed E-state index contributed by atoms with van der Waals surface area (Å²) in [5.41, 5.74) is -0.421. The predicted molar refractivity (Wildman–Crippen MR) is 72.2 cm³/mol. The lowest BCUT2D eigenvalue weighted by Crippen LogP contribution is -2.47. The van der Waals surface area contributed by atoms with Crippen LogP contribution in [-0.4, -0.2) is 22.8 Å². The van der Waals surface area contributed by atoms with Gasteiger partial charge in [0.15, 0.2) is 0 Å². The Kier molecular flexibility index (Phi) is 4.82. The molecule has 0 saturated heterocycles. The second-order valence-corrected chi connectivity index (χ2v) is 6.75. The summed E-state index contributed by atoms with van der Waals surface area (Å²) in [4.78, 5) is 10.9. The van der Waals surface area contributed by atoms with E-state index in [1.165, 1.54) is 6.92 Å². The van der Waals surface area contributed by atoms with Crippen LogP contribution in [0.5, 0.6) is 0 Å². The summed E-state index contributed by atoms with van der Waals surface area (Å²) in [6.45, 7) is 9.79. The van der Waals surface area contributed by atoms with Crippen molar-refractivity contribution < 1.29 is 14.6 Å². The van der Waals surface area contributed by atoms with Crippen LogP contribution in [0, 0.1) is 11.3 Å². The van der Waals surface area contributed by atoms with Crippen LogP contribution in [0.1, 0.15) is 66.7 Å². The second kappa shape index (κ2) is 5.60. The first-order chi connectivity index (χ1) is 8.15. The third-order valence-corrected chi connectivity index (χ3v) is 4.43. The van der Waals surface area contributed by atoms with Gasteiger partial charge in [-0.25, -0.2) is 0 Å². The summed E-state index contributed by atoms with van der Waals surface area (Å²) in [5.74, 6) is 0.0499. The van der Waals surface area contributed by atoms with Gasteiger partial charge in [-0.1, -0.05) is 20.3 Å². The molecule has 1 unspecified atom stereocenters. The third kappa shape index (κ3) is 3.98. The van der Waals surface area contributed by atoms with Gasteiger partial charge in [-0.3, -0.25) is 4.79 Å². The standard InChI is InChI=1S/C15H28O3/c1-11(18-12(2)16)7-8-13-14(3,4)9-6-10-15(13,5)17/h11,13,17H,6-10H2,1-5H3/t11?,13-,15-/m0/s1. The summed E-state index contributed by atoms with van der Waals surface area (Å²) in [6.07, 6.45) is 4.81. The van der Waals surface area contributed by atoms with Crippen molar-refractivity contribution >= 4 is 5.97 Å². The van der Waals surface area contributed by atoms with Gasteiger partial charge in [-0.15, -0.1) is 0 Å². The first-order valence-electron chi connectivity index (χ1n) is 7.05. The highest BCUT2D eigenvalue weighted by Crippen LogP contribution is 2.48. The topological polar surface area (TPSA) is 46.5 Å². The molecular formula is C15H28O3. The van der Waals surface area contributed by atoms with E-state index in [0.29, 0.717) is 0 Å². The number of carbonyl (C=O) groups excluding carboxylic acids is 1. The van der Waals surface area contributed by atoms with Gasteiger partial charge in [0, 0.05) is 6.92 Å². The van der Waals surface area contributed by atoms with Gasteiger partial charge in [-0.05, 0) is 50.9 Å². The zero-order chi connectivity index (χ0) is 14.0. The Bertz CT molecular complexity index is 278. The van der Waals surface area contributed by atoms with Crippen molar-refractivity contribution in [2.75, 3.05) is 0 Å². The number of hydrogen-bond donors (Lipinski definition) is 1. The number of esters is 1. The van der Waals surface area contributed by atoms with Crippen LogP contribution >= 0.6 is 0 Å². The maximum Gasteiger partial charge on any atom is 0.302 e. The minimum atomic E-state index is -0.586. The molecule has 1 rings (SSSR count). The summed E-state index contributed by atoms with van der Waals surface area (Å²) < 4.78 is 5.16. The lowest BCUT2D eigenvalue weighted by atomic mass is 9.60. The smallest absolute Gasteiger partial charge is 0.302 e. The van der Waals surface area contributed by atoms with E-state index in [-0.39, 0.29) is 23.4 Å². The Morgan fingerprint density at radius 2 is 2.00 bits per heavy atom. The minimum Gasteiger partial charge on any atom is -0.463 e. The first-order valence-corrected chi connectivity index (χ1v) is 7.05. The Morgan fingerprint density at radius 1 is 1.39 bits per heavy atom. The molecule has 106 valence electrons. The molecule has 0 aromatic heterocycles. The Labute approximate surface area is 111 Å². The quantitative estimate of drug-likeness (QED) is 0.785. The summed E-state index contributed by atoms with van der Waals surface area (Å²) in [6, 6.07) is 0. The van der Waals surface area contributed by atoms with Crippen molar-refractivity contribution in [3.63, 3.8) is 0 Å². The molecule has 0 heterocycles. The Morgan fingerprint density at radius 3 is 2.50 bits per heavy atom. The summed E-state index contributed by atoms with van der Waals surface area (Å²) >= 11 is 0. The highest BCUT2D eigenvalue weighted by molar-refractivity contribution is 5.66. The van der Waals surface area contributed by atoms with E-state index in [4.69, 9.17) is 4.74 Å². The van der Waals surface area contributed by atoms with E-state index in [0.717, 1.165) is 32.1 Å². The van der Waals surface area contributed by atoms with Crippen LogP contribution in [0.15, 0.2) is 0 Å². The van der Waals surface area contributed by atoms with Gasteiger partial charge in [-0.2, -0.15) is 0 Å². The number of aliphatic hydroxyl groups is 1. The zero-order valence-corrected chi connectivity index (χ0v) is 12.5. The number of hydrogen-bond acceptors (Lipinski definition) is 3. The molecule has 1 fully saturated rings. The Hall–Kier alpha value is -0.570. The molecule has 18 heavy (non-hydrogen) atoms. The fourth-order valence-corrected chi connectivity index (χ4v) is 3.54. The lowest BCUT2D eigenvalue weighted by Gasteiger charge is -2.48. The molecule has 1 N–H and O–H groups in total. The molecule has 0 aromatic rings. The fraction of sp³-hybridized carbons (Fsp3) is 0.933. The van der Waals surface area contributed by atoms with Crippen molar-refractivity contribution in [3.05, 3.63) is 0 Å². The normalized spacial score (nSPS) is 32.9. The molecule has 3 atom stereocenters. The second-order valence-electron chi connectivity index (χ2n) is 6.75. The highest BCUT2D eigenvalue weighted by atomic mass is 16.5. The summed E-state index contributed by atoms with van der Waals surface area (Å²) in [5, 5.41) is 10.6. The summed E-state index contributed by atoms with van der Waals surface area (Å²) in [7, 11) is 0. The van der Waals surface area contributed by atoms with Crippen LogP contribution in [0.2, 0.25) is 0 Å². The molecule has 0 aromatic carbocycles. The lowest BCUT2D eigenvalue weighted by molar-refractivity contribution is -0.146. The van der Waals surface area contributed by atoms with Crippen LogP contribution in [0.25, 0.3) is 0 Å². The van der Waals surface area contributed by atoms with Crippen molar-refractivity contribution in [1.29, 1.82) is 0 Å². The highest BCUT2D eigenvalue weighted by Gasteiger charge is 2.45. The Balaban J connectivity index is 2.59. The molecule has 0 spiro atoms. The van der Waals surface area contributed by atoms with E-state index in [1.54, 1.807) is 0 Å². The average molecular weight is 256 g/mol. The van der Waals surface area contributed by atoms with Gasteiger partial charge >= 0.3 is 5.97 Å². The molecule has 3 nitrogen and oxygen atoms in total. The first kappa shape index (κ1) is 15.5. The SMILES string of the molecule is CC(=O)OC(C)CC[C@H]1C(C)(C)CCC[C@]1(C)O. The molecule has 1 aliphatic carbocycles. The van der Waals surface area contributed by atoms with Crippen molar-refractivity contribution in [2.45, 2.75) is 78.4 Å². The van der Waals surface area contributed by atoms with Crippen LogP contribution in [0.3, 0.4) is 0 Å². The third-order valence-electron chi connectivity index (χ3n) is 4.43. The van der Waals surface area contributed by atoms with Gasteiger partial charge < -0.3 is 9.84 Å². The zero-order valence-electron chi connectivity index (χ0n) is 12.5. The van der Waals surface area contributed by atoms with Gasteiger partial charge in [0.2, 0.25) is 0 Å². The molecule has 0 bridgehead atoms. The maximum absolute atomic E-state index is 10.9.